The van der Waals surface area contributed by atoms with Crippen molar-refractivity contribution in [2.75, 3.05) is 19.8 Å². The van der Waals surface area contributed by atoms with E-state index < -0.39 is 203 Å². The smallest absolute Gasteiger partial charge is 0.335 e. The van der Waals surface area contributed by atoms with Gasteiger partial charge in [-0.2, -0.15) is 0 Å². The van der Waals surface area contributed by atoms with Crippen molar-refractivity contribution in [3.05, 3.63) is 0 Å². The van der Waals surface area contributed by atoms with Gasteiger partial charge >= 0.3 is 11.9 Å². The summed E-state index contributed by atoms with van der Waals surface area (Å²) in [6.07, 6.45) is -45.5. The lowest BCUT2D eigenvalue weighted by atomic mass is 9.93. The van der Waals surface area contributed by atoms with Gasteiger partial charge in [-0.3, -0.25) is 14.4 Å². The lowest BCUT2D eigenvalue weighted by Crippen LogP contribution is -2.71. The number of nitrogens with one attached hydrogen (secondary N) is 3. The monoisotopic (exact) mass is 979 g/mol. The van der Waals surface area contributed by atoms with Crippen LogP contribution in [0.2, 0.25) is 0 Å². The molecule has 31 nitrogen and oxygen atoms in total. The molecule has 31 heteroatoms. The third-order valence-electron chi connectivity index (χ3n) is 11.5. The topological polar surface area (TPSA) is 488 Å². The molecule has 0 aromatic rings. The molecule has 5 rings (SSSR count). The molecule has 67 heavy (non-hydrogen) atoms. The van der Waals surface area contributed by atoms with E-state index in [1.165, 1.54) is 0 Å². The SMILES string of the molecule is CC(=O)N[C@@H]1[C@@H](O[C@@H]2O[C@H](C(=O)O)[C@@H](O[C@@H]3O[C@H](CO)[C@@H](O)[C@H](O[C@@H]4O[C@H](C(=O)O)[C@@H](O[C@@H]5O[C@H](CO)[C@@H](O)[C@H](O)[C@H]5NC(C)=O)[C@H](O)[C@H]4O)[C@H]3NC(C)=O)[C@H](O)[C@H]2O)[C@H](O)[C@@H](CO)O[C@H]1O. The predicted octanol–water partition coefficient (Wildman–Crippen LogP) is -11.3. The average Bonchev–Trinajstić information content (AvgIpc) is 3.25. The maximum Gasteiger partial charge on any atom is 0.335 e. The summed E-state index contributed by atoms with van der Waals surface area (Å²) in [5.74, 6) is -6.33. The normalized spacial score (nSPS) is 45.9. The molecule has 0 spiro atoms. The largest absolute Gasteiger partial charge is 0.479 e. The molecule has 25 atom stereocenters. The Morgan fingerprint density at radius 2 is 0.746 bits per heavy atom. The summed E-state index contributed by atoms with van der Waals surface area (Å²) in [5, 5.41) is 156. The summed E-state index contributed by atoms with van der Waals surface area (Å²) < 4.78 is 49.9. The third-order valence-corrected chi connectivity index (χ3v) is 11.5. The lowest BCUT2D eigenvalue weighted by Gasteiger charge is -2.50. The Morgan fingerprint density at radius 1 is 0.403 bits per heavy atom. The van der Waals surface area contributed by atoms with E-state index in [-0.39, 0.29) is 0 Å². The lowest BCUT2D eigenvalue weighted by molar-refractivity contribution is -0.374. The molecule has 5 heterocycles. The highest BCUT2D eigenvalue weighted by molar-refractivity contribution is 5.75. The van der Waals surface area contributed by atoms with Crippen molar-refractivity contribution in [3.63, 3.8) is 0 Å². The summed E-state index contributed by atoms with van der Waals surface area (Å²) in [4.78, 5) is 61.7. The van der Waals surface area contributed by atoms with Crippen LogP contribution in [0.3, 0.4) is 0 Å². The van der Waals surface area contributed by atoms with Gasteiger partial charge in [-0.1, -0.05) is 0 Å². The van der Waals surface area contributed by atoms with Gasteiger partial charge < -0.3 is 130 Å². The zero-order chi connectivity index (χ0) is 49.9. The number of aliphatic hydroxyl groups is 12. The minimum atomic E-state index is -2.38. The van der Waals surface area contributed by atoms with E-state index in [1.54, 1.807) is 0 Å². The van der Waals surface area contributed by atoms with E-state index in [2.05, 4.69) is 16.0 Å². The Labute approximate surface area is 377 Å². The Hall–Kier alpha value is -3.49. The number of rotatable bonds is 16. The van der Waals surface area contributed by atoms with Crippen LogP contribution in [-0.4, -0.2) is 274 Å². The molecule has 5 fully saturated rings. The number of carboxylic acids is 2. The third kappa shape index (κ3) is 11.9. The summed E-state index contributed by atoms with van der Waals surface area (Å²) in [5.41, 5.74) is 0. The first-order valence-electron chi connectivity index (χ1n) is 20.6. The van der Waals surface area contributed by atoms with Crippen LogP contribution in [0.15, 0.2) is 0 Å². The minimum absolute atomic E-state index is 0.780. The summed E-state index contributed by atoms with van der Waals surface area (Å²) in [6, 6.07) is -5.20. The Morgan fingerprint density at radius 3 is 1.15 bits per heavy atom. The Balaban J connectivity index is 1.40. The van der Waals surface area contributed by atoms with Gasteiger partial charge in [0.1, 0.15) is 110 Å². The second-order valence-corrected chi connectivity index (χ2v) is 16.2. The number of hydrogen-bond donors (Lipinski definition) is 17. The fourth-order valence-corrected chi connectivity index (χ4v) is 8.17. The molecule has 3 amide bonds. The van der Waals surface area contributed by atoms with Gasteiger partial charge in [-0.25, -0.2) is 9.59 Å². The average molecular weight is 980 g/mol. The van der Waals surface area contributed by atoms with E-state index in [1.807, 2.05) is 0 Å². The first-order valence-corrected chi connectivity index (χ1v) is 20.6. The molecular formula is C36H57N3O28. The molecule has 0 aromatic carbocycles. The van der Waals surface area contributed by atoms with Crippen LogP contribution in [0.1, 0.15) is 20.8 Å². The van der Waals surface area contributed by atoms with Crippen LogP contribution < -0.4 is 16.0 Å². The summed E-state index contributed by atoms with van der Waals surface area (Å²) >= 11 is 0. The summed E-state index contributed by atoms with van der Waals surface area (Å²) in [7, 11) is 0. The molecular weight excluding hydrogens is 922 g/mol. The van der Waals surface area contributed by atoms with Crippen molar-refractivity contribution in [1.29, 1.82) is 0 Å². The molecule has 17 N–H and O–H groups in total. The van der Waals surface area contributed by atoms with Gasteiger partial charge in [0, 0.05) is 20.8 Å². The highest BCUT2D eigenvalue weighted by atomic mass is 16.8. The number of carboxylic acid groups (broad SMARTS) is 2. The minimum Gasteiger partial charge on any atom is -0.479 e. The number of aliphatic carboxylic acids is 2. The molecule has 0 saturated carbocycles. The quantitative estimate of drug-likeness (QED) is 0.0683. The van der Waals surface area contributed by atoms with Crippen LogP contribution in [0.25, 0.3) is 0 Å². The number of carbonyl (C=O) groups excluding carboxylic acids is 3. The molecule has 5 aliphatic heterocycles. The molecule has 0 aliphatic carbocycles. The maximum atomic E-state index is 12.7. The Kier molecular flexibility index (Phi) is 18.7. The maximum absolute atomic E-state index is 12.7. The van der Waals surface area contributed by atoms with E-state index in [0.29, 0.717) is 0 Å². The van der Waals surface area contributed by atoms with Crippen LogP contribution in [0, 0.1) is 0 Å². The molecule has 0 bridgehead atoms. The molecule has 0 radical (unpaired) electrons. The fourth-order valence-electron chi connectivity index (χ4n) is 8.17. The number of hydrogen-bond acceptors (Lipinski definition) is 26. The zero-order valence-corrected chi connectivity index (χ0v) is 35.5. The van der Waals surface area contributed by atoms with Crippen molar-refractivity contribution >= 4 is 29.7 Å². The number of carbonyl (C=O) groups is 5. The van der Waals surface area contributed by atoms with Crippen LogP contribution in [0.5, 0.6) is 0 Å². The zero-order valence-electron chi connectivity index (χ0n) is 35.5. The van der Waals surface area contributed by atoms with Crippen molar-refractivity contribution in [2.45, 2.75) is 174 Å². The fraction of sp³-hybridized carbons (Fsp3) is 0.861. The van der Waals surface area contributed by atoms with Gasteiger partial charge in [0.25, 0.3) is 0 Å². The first-order chi connectivity index (χ1) is 31.4. The van der Waals surface area contributed by atoms with Gasteiger partial charge in [0.2, 0.25) is 17.7 Å². The van der Waals surface area contributed by atoms with E-state index >= 15 is 0 Å². The molecule has 5 aliphatic rings. The second kappa shape index (κ2) is 23.0. The standard InChI is InChI=1S/C36H57N3O28/c1-7(43)37-13-19(49)16(46)10(4-40)60-33(13)64-26-20(50)23(53)36(67-28(26)30(54)55)63-25-15(39-9(3)45)34(61-12(6-42)18(25)48)65-27-21(51)22(52)35(66-29(27)31(56)57)62-24-14(38-8(2)44)32(58)59-11(5-41)17(24)47/h10-29,32-36,40-42,46-53,58H,4-6H2,1-3H3,(H,37,43)(H,38,44)(H,39,45)(H,54,55)(H,56,57)/t10-,11-,12-,13-,14-,15-,16-,17-,18-,19-,20-,21-,22-,23-,24-,25-,26+,27+,28+,29+,32-,33+,34+,35-,36-/m1/s1. The second-order valence-electron chi connectivity index (χ2n) is 16.2. The van der Waals surface area contributed by atoms with Crippen molar-refractivity contribution in [2.24, 2.45) is 0 Å². The van der Waals surface area contributed by atoms with Gasteiger partial charge in [-0.05, 0) is 0 Å². The highest BCUT2D eigenvalue weighted by Crippen LogP contribution is 2.36. The molecule has 5 saturated heterocycles. The Bertz CT molecular complexity index is 1720. The molecule has 0 aromatic heterocycles. The van der Waals surface area contributed by atoms with E-state index in [0.717, 1.165) is 20.8 Å². The van der Waals surface area contributed by atoms with E-state index in [9.17, 15) is 95.5 Å². The van der Waals surface area contributed by atoms with E-state index in [4.69, 9.17) is 42.6 Å². The van der Waals surface area contributed by atoms with Gasteiger partial charge in [0.05, 0.1) is 19.8 Å². The van der Waals surface area contributed by atoms with Crippen molar-refractivity contribution < 1.29 is 138 Å². The number of ether oxygens (including phenoxy) is 9. The number of aliphatic hydroxyl groups excluding tert-OH is 12. The van der Waals surface area contributed by atoms with Crippen LogP contribution in [0.4, 0.5) is 0 Å². The summed E-state index contributed by atoms with van der Waals surface area (Å²) in [6.45, 7) is 0.0384. The van der Waals surface area contributed by atoms with Crippen LogP contribution in [-0.2, 0) is 66.6 Å². The number of amides is 3. The van der Waals surface area contributed by atoms with Gasteiger partial charge in [0.15, 0.2) is 43.7 Å². The molecule has 0 unspecified atom stereocenters. The van der Waals surface area contributed by atoms with Gasteiger partial charge in [-0.15, -0.1) is 0 Å². The van der Waals surface area contributed by atoms with Crippen molar-refractivity contribution in [1.82, 2.24) is 16.0 Å². The van der Waals surface area contributed by atoms with Crippen molar-refractivity contribution in [3.8, 4) is 0 Å². The van der Waals surface area contributed by atoms with Crippen LogP contribution >= 0.6 is 0 Å². The molecule has 384 valence electrons. The predicted molar refractivity (Wildman–Crippen MR) is 202 cm³/mol. The first kappa shape index (κ1) is 54.5. The highest BCUT2D eigenvalue weighted by Gasteiger charge is 2.59.